The van der Waals surface area contributed by atoms with Gasteiger partial charge in [0.1, 0.15) is 0 Å². The van der Waals surface area contributed by atoms with Crippen LogP contribution >= 0.6 is 0 Å². The number of rotatable bonds is 1. The molecule has 0 bridgehead atoms. The van der Waals surface area contributed by atoms with Crippen molar-refractivity contribution in [2.75, 3.05) is 0 Å². The van der Waals surface area contributed by atoms with E-state index in [1.807, 2.05) is 0 Å². The Balaban J connectivity index is 0.000000424. The third-order valence-electron chi connectivity index (χ3n) is 1.58. The maximum absolute atomic E-state index is 8.84. The van der Waals surface area contributed by atoms with E-state index in [1.165, 1.54) is 0 Å². The van der Waals surface area contributed by atoms with Crippen LogP contribution in [0.5, 0.6) is 0 Å². The molecule has 0 aromatic carbocycles. The van der Waals surface area contributed by atoms with E-state index in [0.717, 1.165) is 0 Å². The van der Waals surface area contributed by atoms with Gasteiger partial charge in [0.25, 0.3) is 0 Å². The second-order valence-corrected chi connectivity index (χ2v) is 2.63. The second kappa shape index (κ2) is 5.82. The molecule has 71 valence electrons. The normalized spacial score (nSPS) is 24.1. The summed E-state index contributed by atoms with van der Waals surface area (Å²) in [7, 11) is -1.37. The summed E-state index contributed by atoms with van der Waals surface area (Å²) in [6.07, 6.45) is 6.96. The molecule has 1 radical (unpaired) electrons. The SMILES string of the molecule is CC1(B(O)O)C=CC=CN1.O[B]O. The largest absolute Gasteiger partial charge is 0.482 e. The molecule has 1 atom stereocenters. The summed E-state index contributed by atoms with van der Waals surface area (Å²) >= 11 is 0. The predicted octanol–water partition coefficient (Wildman–Crippen LogP) is -2.06. The molecule has 5 nitrogen and oxygen atoms in total. The van der Waals surface area contributed by atoms with Crippen LogP contribution in [0.3, 0.4) is 0 Å². The molecular weight excluding hydrogens is 172 g/mol. The molecule has 0 spiro atoms. The van der Waals surface area contributed by atoms with Crippen LogP contribution in [0.1, 0.15) is 6.92 Å². The molecule has 1 aliphatic rings. The van der Waals surface area contributed by atoms with Gasteiger partial charge in [-0.25, -0.2) is 0 Å². The third kappa shape index (κ3) is 4.14. The Morgan fingerprint density at radius 2 is 1.85 bits per heavy atom. The minimum Gasteiger partial charge on any atom is -0.429 e. The summed E-state index contributed by atoms with van der Waals surface area (Å²) in [5.41, 5.74) is -0.727. The quantitative estimate of drug-likeness (QED) is 0.302. The average molecular weight is 184 g/mol. The van der Waals surface area contributed by atoms with Gasteiger partial charge in [-0.05, 0) is 19.2 Å². The summed E-state index contributed by atoms with van der Waals surface area (Å²) in [6.45, 7) is 1.71. The van der Waals surface area contributed by atoms with Crippen molar-refractivity contribution in [2.45, 2.75) is 12.4 Å². The molecule has 0 saturated carbocycles. The maximum atomic E-state index is 8.84. The fourth-order valence-corrected chi connectivity index (χ4v) is 0.747. The first kappa shape index (κ1) is 12.2. The first-order valence-corrected chi connectivity index (χ1v) is 3.65. The Morgan fingerprint density at radius 3 is 2.08 bits per heavy atom. The molecule has 1 unspecified atom stereocenters. The highest BCUT2D eigenvalue weighted by Crippen LogP contribution is 2.10. The Hall–Kier alpha value is -0.750. The van der Waals surface area contributed by atoms with Gasteiger partial charge in [0.15, 0.2) is 0 Å². The molecule has 5 N–H and O–H groups in total. The second-order valence-electron chi connectivity index (χ2n) is 2.63. The molecule has 1 heterocycles. The van der Waals surface area contributed by atoms with E-state index >= 15 is 0 Å². The molecular formula is C6H12B2NO4. The summed E-state index contributed by atoms with van der Waals surface area (Å²) in [6, 6.07) is 0. The van der Waals surface area contributed by atoms with Gasteiger partial charge in [0, 0.05) is 0 Å². The number of dihydropyridines is 1. The summed E-state index contributed by atoms with van der Waals surface area (Å²) in [5.74, 6) is 0. The lowest BCUT2D eigenvalue weighted by molar-refractivity contribution is 0.357. The molecule has 0 aromatic heterocycles. The van der Waals surface area contributed by atoms with Crippen molar-refractivity contribution >= 4 is 14.8 Å². The number of hydrogen-bond donors (Lipinski definition) is 5. The van der Waals surface area contributed by atoms with Gasteiger partial charge >= 0.3 is 14.8 Å². The monoisotopic (exact) mass is 184 g/mol. The van der Waals surface area contributed by atoms with Crippen LogP contribution in [0.4, 0.5) is 0 Å². The van der Waals surface area contributed by atoms with E-state index in [1.54, 1.807) is 31.4 Å². The molecule has 0 aromatic rings. The van der Waals surface area contributed by atoms with Crippen LogP contribution in [-0.2, 0) is 0 Å². The summed E-state index contributed by atoms with van der Waals surface area (Å²) in [4.78, 5) is 0. The van der Waals surface area contributed by atoms with Gasteiger partial charge < -0.3 is 25.4 Å². The van der Waals surface area contributed by atoms with E-state index in [-0.39, 0.29) is 7.69 Å². The first-order valence-electron chi connectivity index (χ1n) is 3.65. The lowest BCUT2D eigenvalue weighted by atomic mass is 9.65. The Bertz CT molecular complexity index is 197. The van der Waals surface area contributed by atoms with E-state index in [9.17, 15) is 0 Å². The van der Waals surface area contributed by atoms with Gasteiger partial charge in [0.05, 0.1) is 5.44 Å². The standard InChI is InChI=1S/C6H10BNO2.BH2O2/c1-6(7(9)10)4-2-3-5-8-6;2-1-3/h2-5,8-10H,1H3;2-3H. The van der Waals surface area contributed by atoms with Crippen LogP contribution in [0.15, 0.2) is 24.4 Å². The van der Waals surface area contributed by atoms with Gasteiger partial charge in [-0.2, -0.15) is 0 Å². The van der Waals surface area contributed by atoms with Gasteiger partial charge in [-0.3, -0.25) is 0 Å². The average Bonchev–Trinajstić information content (AvgIpc) is 2.07. The zero-order chi connectivity index (χ0) is 10.3. The van der Waals surface area contributed by atoms with Crippen molar-refractivity contribution in [3.8, 4) is 0 Å². The smallest absolute Gasteiger partial charge is 0.429 e. The Kier molecular flexibility index (Phi) is 5.48. The van der Waals surface area contributed by atoms with E-state index in [0.29, 0.717) is 0 Å². The molecule has 0 aliphatic carbocycles. The van der Waals surface area contributed by atoms with Crippen molar-refractivity contribution in [2.24, 2.45) is 0 Å². The minimum atomic E-state index is -1.37. The zero-order valence-corrected chi connectivity index (χ0v) is 7.25. The van der Waals surface area contributed by atoms with Crippen molar-refractivity contribution < 1.29 is 20.1 Å². The van der Waals surface area contributed by atoms with Crippen LogP contribution in [0.25, 0.3) is 0 Å². The van der Waals surface area contributed by atoms with Crippen molar-refractivity contribution in [3.05, 3.63) is 24.4 Å². The van der Waals surface area contributed by atoms with Crippen molar-refractivity contribution in [3.63, 3.8) is 0 Å². The van der Waals surface area contributed by atoms with Crippen molar-refractivity contribution in [1.82, 2.24) is 5.32 Å². The number of allylic oxidation sites excluding steroid dienone is 2. The van der Waals surface area contributed by atoms with Crippen LogP contribution in [-0.4, -0.2) is 40.3 Å². The minimum absolute atomic E-state index is 0. The van der Waals surface area contributed by atoms with Crippen LogP contribution in [0.2, 0.25) is 0 Å². The van der Waals surface area contributed by atoms with E-state index in [4.69, 9.17) is 20.1 Å². The highest BCUT2D eigenvalue weighted by Gasteiger charge is 2.34. The summed E-state index contributed by atoms with van der Waals surface area (Å²) < 4.78 is 0. The Morgan fingerprint density at radius 1 is 1.31 bits per heavy atom. The first-order chi connectivity index (χ1) is 6.06. The third-order valence-corrected chi connectivity index (χ3v) is 1.58. The summed E-state index contributed by atoms with van der Waals surface area (Å²) in [5, 5.41) is 34.5. The molecule has 7 heteroatoms. The molecule has 0 saturated heterocycles. The molecule has 1 aliphatic heterocycles. The van der Waals surface area contributed by atoms with Gasteiger partial charge in [-0.15, -0.1) is 0 Å². The van der Waals surface area contributed by atoms with Gasteiger partial charge in [0.2, 0.25) is 0 Å². The zero-order valence-electron chi connectivity index (χ0n) is 7.25. The molecule has 0 fully saturated rings. The Labute approximate surface area is 77.9 Å². The lowest BCUT2D eigenvalue weighted by Crippen LogP contribution is -2.52. The lowest BCUT2D eigenvalue weighted by Gasteiger charge is -2.26. The fraction of sp³-hybridized carbons (Fsp3) is 0.333. The van der Waals surface area contributed by atoms with Gasteiger partial charge in [-0.1, -0.05) is 12.2 Å². The van der Waals surface area contributed by atoms with Crippen LogP contribution in [0, 0.1) is 0 Å². The van der Waals surface area contributed by atoms with E-state index < -0.39 is 12.6 Å². The topological polar surface area (TPSA) is 93.0 Å². The van der Waals surface area contributed by atoms with Crippen molar-refractivity contribution in [1.29, 1.82) is 0 Å². The number of hydrogen-bond acceptors (Lipinski definition) is 5. The number of nitrogens with one attached hydrogen (secondary N) is 1. The maximum Gasteiger partial charge on any atom is 0.482 e. The highest BCUT2D eigenvalue weighted by molar-refractivity contribution is 6.46. The highest BCUT2D eigenvalue weighted by atomic mass is 16.4. The van der Waals surface area contributed by atoms with Crippen LogP contribution < -0.4 is 5.32 Å². The molecule has 13 heavy (non-hydrogen) atoms. The van der Waals surface area contributed by atoms with E-state index in [2.05, 4.69) is 5.32 Å². The fourth-order valence-electron chi connectivity index (χ4n) is 0.747. The predicted molar refractivity (Wildman–Crippen MR) is 50.2 cm³/mol. The molecule has 1 rings (SSSR count). The molecule has 0 amide bonds.